The van der Waals surface area contributed by atoms with Crippen molar-refractivity contribution in [2.45, 2.75) is 18.2 Å². The summed E-state index contributed by atoms with van der Waals surface area (Å²) in [5.41, 5.74) is 2.32. The van der Waals surface area contributed by atoms with E-state index in [1.54, 1.807) is 62.5 Å². The van der Waals surface area contributed by atoms with Gasteiger partial charge in [0.05, 0.1) is 17.0 Å². The minimum Gasteiger partial charge on any atom is -0.359 e. The van der Waals surface area contributed by atoms with E-state index in [0.717, 1.165) is 5.56 Å². The number of hydrogen-bond donors (Lipinski definition) is 2. The van der Waals surface area contributed by atoms with E-state index in [4.69, 9.17) is 0 Å². The van der Waals surface area contributed by atoms with Gasteiger partial charge in [0, 0.05) is 24.8 Å². The second kappa shape index (κ2) is 10.1. The molecule has 0 aromatic heterocycles. The second-order valence-corrected chi connectivity index (χ2v) is 8.89. The molecule has 0 radical (unpaired) electrons. The number of carbonyl (C=O) groups is 2. The van der Waals surface area contributed by atoms with Gasteiger partial charge in [-0.15, -0.1) is 0 Å². The van der Waals surface area contributed by atoms with Crippen molar-refractivity contribution in [2.75, 3.05) is 23.2 Å². The topological polar surface area (TPSA) is 95.6 Å². The lowest BCUT2D eigenvalue weighted by Crippen LogP contribution is -2.30. The summed E-state index contributed by atoms with van der Waals surface area (Å²) >= 11 is 0. The van der Waals surface area contributed by atoms with Crippen molar-refractivity contribution in [1.29, 1.82) is 0 Å². The molecular formula is C24H25N3O4S. The van der Waals surface area contributed by atoms with Crippen molar-refractivity contribution < 1.29 is 18.0 Å². The minimum absolute atomic E-state index is 0.0919. The van der Waals surface area contributed by atoms with E-state index < -0.39 is 10.0 Å². The summed E-state index contributed by atoms with van der Waals surface area (Å²) in [6, 6.07) is 21.7. The Morgan fingerprint density at radius 2 is 1.50 bits per heavy atom. The van der Waals surface area contributed by atoms with Crippen LogP contribution in [0.15, 0.2) is 83.8 Å². The van der Waals surface area contributed by atoms with Gasteiger partial charge in [-0.1, -0.05) is 30.3 Å². The van der Waals surface area contributed by atoms with E-state index in [1.165, 1.54) is 28.6 Å². The van der Waals surface area contributed by atoms with E-state index in [0.29, 0.717) is 16.9 Å². The Kier molecular flexibility index (Phi) is 7.27. The molecule has 0 saturated heterocycles. The Balaban J connectivity index is 1.72. The van der Waals surface area contributed by atoms with Crippen LogP contribution in [0.25, 0.3) is 0 Å². The highest BCUT2D eigenvalue weighted by Crippen LogP contribution is 2.23. The van der Waals surface area contributed by atoms with Crippen molar-refractivity contribution in [1.82, 2.24) is 5.32 Å². The van der Waals surface area contributed by atoms with Gasteiger partial charge in [0.2, 0.25) is 5.91 Å². The summed E-state index contributed by atoms with van der Waals surface area (Å²) in [4.78, 5) is 24.1. The van der Waals surface area contributed by atoms with Crippen molar-refractivity contribution in [3.05, 3.63) is 90.0 Å². The van der Waals surface area contributed by atoms with Crippen LogP contribution < -0.4 is 14.9 Å². The average Bonchev–Trinajstić information content (AvgIpc) is 2.81. The zero-order valence-corrected chi connectivity index (χ0v) is 18.7. The number of benzene rings is 3. The van der Waals surface area contributed by atoms with E-state index in [9.17, 15) is 18.0 Å². The molecule has 0 heterocycles. The number of anilines is 2. The summed E-state index contributed by atoms with van der Waals surface area (Å²) < 4.78 is 27.4. The molecule has 2 amide bonds. The van der Waals surface area contributed by atoms with Crippen molar-refractivity contribution in [3.63, 3.8) is 0 Å². The lowest BCUT2D eigenvalue weighted by atomic mass is 10.1. The van der Waals surface area contributed by atoms with Crippen LogP contribution in [0.1, 0.15) is 22.8 Å². The van der Waals surface area contributed by atoms with E-state index in [1.807, 2.05) is 6.07 Å². The number of nitrogens with one attached hydrogen (secondary N) is 2. The van der Waals surface area contributed by atoms with Gasteiger partial charge in [-0.25, -0.2) is 8.42 Å². The number of nitrogens with zero attached hydrogens (tertiary/aromatic N) is 1. The maximum Gasteiger partial charge on any atom is 0.264 e. The van der Waals surface area contributed by atoms with Gasteiger partial charge < -0.3 is 10.6 Å². The first kappa shape index (κ1) is 23.0. The quantitative estimate of drug-likeness (QED) is 0.548. The van der Waals surface area contributed by atoms with Crippen LogP contribution in [-0.4, -0.2) is 33.8 Å². The van der Waals surface area contributed by atoms with E-state index in [2.05, 4.69) is 10.6 Å². The fraction of sp³-hybridized carbons (Fsp3) is 0.167. The van der Waals surface area contributed by atoms with Gasteiger partial charge in [-0.2, -0.15) is 0 Å². The fourth-order valence-electron chi connectivity index (χ4n) is 3.17. The summed E-state index contributed by atoms with van der Waals surface area (Å²) in [5, 5.41) is 5.33. The van der Waals surface area contributed by atoms with Crippen molar-refractivity contribution in [3.8, 4) is 0 Å². The molecule has 0 aliphatic heterocycles. The van der Waals surface area contributed by atoms with Gasteiger partial charge >= 0.3 is 0 Å². The van der Waals surface area contributed by atoms with Crippen molar-refractivity contribution >= 4 is 33.2 Å². The summed E-state index contributed by atoms with van der Waals surface area (Å²) in [7, 11) is -2.18. The fourth-order valence-corrected chi connectivity index (χ4v) is 4.65. The number of rotatable bonds is 8. The Hall–Kier alpha value is -3.65. The summed E-state index contributed by atoms with van der Waals surface area (Å²) in [5.74, 6) is -0.450. The molecule has 166 valence electrons. The highest BCUT2D eigenvalue weighted by molar-refractivity contribution is 7.92. The molecule has 3 aromatic rings. The molecule has 7 nitrogen and oxygen atoms in total. The van der Waals surface area contributed by atoms with Crippen LogP contribution in [0, 0.1) is 0 Å². The molecule has 0 aliphatic carbocycles. The van der Waals surface area contributed by atoms with Crippen molar-refractivity contribution in [2.24, 2.45) is 0 Å². The molecule has 3 aromatic carbocycles. The normalized spacial score (nSPS) is 10.9. The standard InChI is InChI=1S/C24H25N3O4S/c1-3-27(21-7-5-4-6-8-21)32(30,31)22-15-11-19(12-16-22)24(29)26-20-13-9-18(10-14-20)17-23(28)25-2/h4-16H,3,17H2,1-2H3,(H,25,28)(H,26,29). The monoisotopic (exact) mass is 451 g/mol. The molecule has 0 bridgehead atoms. The SMILES string of the molecule is CCN(c1ccccc1)S(=O)(=O)c1ccc(C(=O)Nc2ccc(CC(=O)NC)cc2)cc1. The van der Waals surface area contributed by atoms with Crippen LogP contribution in [0.5, 0.6) is 0 Å². The molecule has 2 N–H and O–H groups in total. The molecule has 0 aliphatic rings. The van der Waals surface area contributed by atoms with Crippen LogP contribution in [0.3, 0.4) is 0 Å². The third-order valence-electron chi connectivity index (χ3n) is 4.89. The maximum absolute atomic E-state index is 13.1. The highest BCUT2D eigenvalue weighted by atomic mass is 32.2. The Bertz CT molecular complexity index is 1180. The molecule has 32 heavy (non-hydrogen) atoms. The van der Waals surface area contributed by atoms with Crippen LogP contribution in [0.4, 0.5) is 11.4 Å². The lowest BCUT2D eigenvalue weighted by Gasteiger charge is -2.23. The Labute approximate surface area is 188 Å². The second-order valence-electron chi connectivity index (χ2n) is 7.03. The molecular weight excluding hydrogens is 426 g/mol. The predicted octanol–water partition coefficient (Wildman–Crippen LogP) is 3.44. The number of hydrogen-bond acceptors (Lipinski definition) is 4. The Morgan fingerprint density at radius 1 is 0.875 bits per heavy atom. The number of sulfonamides is 1. The van der Waals surface area contributed by atoms with E-state index in [-0.39, 0.29) is 29.7 Å². The van der Waals surface area contributed by atoms with Crippen LogP contribution in [-0.2, 0) is 21.2 Å². The summed E-state index contributed by atoms with van der Waals surface area (Å²) in [6.45, 7) is 2.05. The van der Waals surface area contributed by atoms with E-state index >= 15 is 0 Å². The molecule has 0 fully saturated rings. The van der Waals surface area contributed by atoms with Crippen LogP contribution in [0.2, 0.25) is 0 Å². The Morgan fingerprint density at radius 3 is 2.06 bits per heavy atom. The first-order chi connectivity index (χ1) is 15.3. The smallest absolute Gasteiger partial charge is 0.264 e. The highest BCUT2D eigenvalue weighted by Gasteiger charge is 2.23. The molecule has 3 rings (SSSR count). The number of carbonyl (C=O) groups excluding carboxylic acids is 2. The molecule has 0 unspecified atom stereocenters. The third-order valence-corrected chi connectivity index (χ3v) is 6.81. The number of likely N-dealkylation sites (N-methyl/N-ethyl adjacent to an activating group) is 1. The number of para-hydroxylation sites is 1. The van der Waals surface area contributed by atoms with Gasteiger partial charge in [-0.3, -0.25) is 13.9 Å². The first-order valence-corrected chi connectivity index (χ1v) is 11.6. The third kappa shape index (κ3) is 5.33. The van der Waals surface area contributed by atoms with Gasteiger partial charge in [-0.05, 0) is 61.0 Å². The number of amides is 2. The minimum atomic E-state index is -3.75. The van der Waals surface area contributed by atoms with Gasteiger partial charge in [0.1, 0.15) is 0 Å². The molecule has 0 saturated carbocycles. The van der Waals surface area contributed by atoms with Gasteiger partial charge in [0.25, 0.3) is 15.9 Å². The summed E-state index contributed by atoms with van der Waals surface area (Å²) in [6.07, 6.45) is 0.262. The average molecular weight is 452 g/mol. The zero-order valence-electron chi connectivity index (χ0n) is 17.9. The zero-order chi connectivity index (χ0) is 23.1. The van der Waals surface area contributed by atoms with Crippen LogP contribution >= 0.6 is 0 Å². The maximum atomic E-state index is 13.1. The predicted molar refractivity (Wildman–Crippen MR) is 125 cm³/mol. The lowest BCUT2D eigenvalue weighted by molar-refractivity contribution is -0.119. The molecule has 8 heteroatoms. The molecule has 0 spiro atoms. The largest absolute Gasteiger partial charge is 0.359 e. The van der Waals surface area contributed by atoms with Gasteiger partial charge in [0.15, 0.2) is 0 Å². The first-order valence-electron chi connectivity index (χ1n) is 10.1. The molecule has 0 atom stereocenters.